The second-order valence-corrected chi connectivity index (χ2v) is 6.75. The van der Waals surface area contributed by atoms with E-state index in [1.165, 1.54) is 69.8 Å². The maximum absolute atomic E-state index is 3.71. The molecule has 2 aliphatic rings. The third kappa shape index (κ3) is 3.22. The summed E-state index contributed by atoms with van der Waals surface area (Å²) >= 11 is 3.71. The number of nitrogens with zero attached hydrogens (tertiary/aromatic N) is 1. The molecule has 0 bridgehead atoms. The van der Waals surface area contributed by atoms with Gasteiger partial charge in [0.15, 0.2) is 0 Å². The predicted octanol–water partition coefficient (Wildman–Crippen LogP) is 4.06. The predicted molar refractivity (Wildman–Crippen MR) is 74.2 cm³/mol. The molecule has 0 aromatic heterocycles. The van der Waals surface area contributed by atoms with Crippen molar-refractivity contribution < 1.29 is 0 Å². The van der Waals surface area contributed by atoms with Gasteiger partial charge in [0.05, 0.1) is 0 Å². The van der Waals surface area contributed by atoms with Crippen molar-refractivity contribution in [3.63, 3.8) is 0 Å². The molecule has 0 unspecified atom stereocenters. The summed E-state index contributed by atoms with van der Waals surface area (Å²) in [5, 5.41) is 1.20. The van der Waals surface area contributed by atoms with Crippen LogP contribution in [0.15, 0.2) is 0 Å². The van der Waals surface area contributed by atoms with Crippen LogP contribution in [-0.2, 0) is 0 Å². The van der Waals surface area contributed by atoms with E-state index >= 15 is 0 Å². The van der Waals surface area contributed by atoms with Gasteiger partial charge in [-0.1, -0.05) is 41.6 Å². The van der Waals surface area contributed by atoms with E-state index in [0.717, 1.165) is 5.92 Å². The highest BCUT2D eigenvalue weighted by Gasteiger charge is 2.36. The van der Waals surface area contributed by atoms with Gasteiger partial charge >= 0.3 is 0 Å². The first-order chi connectivity index (χ1) is 7.74. The Labute approximate surface area is 109 Å². The molecule has 1 nitrogen and oxygen atoms in total. The Bertz CT molecular complexity index is 201. The first kappa shape index (κ1) is 12.9. The third-order valence-electron chi connectivity index (χ3n) is 4.60. The van der Waals surface area contributed by atoms with E-state index in [-0.39, 0.29) is 0 Å². The van der Waals surface area contributed by atoms with E-state index in [1.54, 1.807) is 0 Å². The van der Waals surface area contributed by atoms with Gasteiger partial charge in [0.25, 0.3) is 0 Å². The summed E-state index contributed by atoms with van der Waals surface area (Å²) in [5.41, 5.74) is 0.628. The van der Waals surface area contributed by atoms with Crippen LogP contribution in [0.2, 0.25) is 0 Å². The molecule has 2 saturated carbocycles. The van der Waals surface area contributed by atoms with E-state index in [0.29, 0.717) is 5.41 Å². The second-order valence-electron chi connectivity index (χ2n) is 6.19. The van der Waals surface area contributed by atoms with E-state index in [4.69, 9.17) is 0 Å². The zero-order valence-corrected chi connectivity index (χ0v) is 12.3. The van der Waals surface area contributed by atoms with Crippen molar-refractivity contribution in [2.24, 2.45) is 11.3 Å². The molecule has 0 N–H and O–H groups in total. The Kier molecular flexibility index (Phi) is 4.72. The fourth-order valence-corrected chi connectivity index (χ4v) is 4.20. The molecule has 0 heterocycles. The Morgan fingerprint density at radius 2 is 1.81 bits per heavy atom. The SMILES string of the molecule is CN(CC1CCCCC1)CC1(CBr)CCC1. The van der Waals surface area contributed by atoms with Gasteiger partial charge in [-0.15, -0.1) is 0 Å². The fourth-order valence-electron chi connectivity index (χ4n) is 3.46. The highest BCUT2D eigenvalue weighted by atomic mass is 79.9. The second kappa shape index (κ2) is 5.86. The van der Waals surface area contributed by atoms with Crippen LogP contribution < -0.4 is 0 Å². The van der Waals surface area contributed by atoms with Gasteiger partial charge in [0.1, 0.15) is 0 Å². The summed E-state index contributed by atoms with van der Waals surface area (Å²) in [7, 11) is 2.33. The number of hydrogen-bond acceptors (Lipinski definition) is 1. The minimum atomic E-state index is 0.628. The van der Waals surface area contributed by atoms with Crippen LogP contribution in [0.25, 0.3) is 0 Å². The molecule has 0 saturated heterocycles. The van der Waals surface area contributed by atoms with Crippen molar-refractivity contribution in [3.8, 4) is 0 Å². The molecule has 16 heavy (non-hydrogen) atoms. The quantitative estimate of drug-likeness (QED) is 0.689. The minimum absolute atomic E-state index is 0.628. The lowest BCUT2D eigenvalue weighted by Gasteiger charge is -2.44. The monoisotopic (exact) mass is 287 g/mol. The van der Waals surface area contributed by atoms with Gasteiger partial charge in [0.2, 0.25) is 0 Å². The maximum atomic E-state index is 3.71. The topological polar surface area (TPSA) is 3.24 Å². The van der Waals surface area contributed by atoms with Crippen molar-refractivity contribution in [1.82, 2.24) is 4.90 Å². The first-order valence-corrected chi connectivity index (χ1v) is 8.11. The van der Waals surface area contributed by atoms with Crippen molar-refractivity contribution in [3.05, 3.63) is 0 Å². The van der Waals surface area contributed by atoms with Crippen LogP contribution in [0.5, 0.6) is 0 Å². The van der Waals surface area contributed by atoms with Crippen LogP contribution in [0.4, 0.5) is 0 Å². The lowest BCUT2D eigenvalue weighted by molar-refractivity contribution is 0.0923. The molecule has 2 rings (SSSR count). The Morgan fingerprint density at radius 1 is 1.12 bits per heavy atom. The van der Waals surface area contributed by atoms with Crippen molar-refractivity contribution >= 4 is 15.9 Å². The van der Waals surface area contributed by atoms with Gasteiger partial charge < -0.3 is 4.90 Å². The molecule has 0 radical (unpaired) electrons. The minimum Gasteiger partial charge on any atom is -0.306 e. The average molecular weight is 288 g/mol. The lowest BCUT2D eigenvalue weighted by Crippen LogP contribution is -2.43. The van der Waals surface area contributed by atoms with E-state index in [9.17, 15) is 0 Å². The molecule has 0 amide bonds. The average Bonchev–Trinajstić information content (AvgIpc) is 2.25. The van der Waals surface area contributed by atoms with Gasteiger partial charge in [-0.25, -0.2) is 0 Å². The van der Waals surface area contributed by atoms with Crippen LogP contribution in [0.1, 0.15) is 51.4 Å². The molecule has 0 aromatic rings. The molecular formula is C14H26BrN. The summed E-state index contributed by atoms with van der Waals surface area (Å²) in [5.74, 6) is 0.992. The zero-order chi connectivity index (χ0) is 11.4. The summed E-state index contributed by atoms with van der Waals surface area (Å²) in [4.78, 5) is 2.61. The van der Waals surface area contributed by atoms with Gasteiger partial charge in [-0.2, -0.15) is 0 Å². The van der Waals surface area contributed by atoms with Crippen LogP contribution in [0.3, 0.4) is 0 Å². The molecule has 94 valence electrons. The summed E-state index contributed by atoms with van der Waals surface area (Å²) in [6.07, 6.45) is 11.7. The van der Waals surface area contributed by atoms with E-state index in [2.05, 4.69) is 27.9 Å². The van der Waals surface area contributed by atoms with Crippen molar-refractivity contribution in [2.75, 3.05) is 25.5 Å². The summed E-state index contributed by atoms with van der Waals surface area (Å²) in [6.45, 7) is 2.66. The molecule has 2 aliphatic carbocycles. The molecule has 0 aromatic carbocycles. The van der Waals surface area contributed by atoms with E-state index < -0.39 is 0 Å². The Morgan fingerprint density at radius 3 is 2.31 bits per heavy atom. The van der Waals surface area contributed by atoms with E-state index in [1.807, 2.05) is 0 Å². The Balaban J connectivity index is 1.72. The fraction of sp³-hybridized carbons (Fsp3) is 1.00. The Hall–Kier alpha value is 0.440. The molecule has 0 atom stereocenters. The first-order valence-electron chi connectivity index (χ1n) is 6.99. The van der Waals surface area contributed by atoms with Gasteiger partial charge in [-0.3, -0.25) is 0 Å². The van der Waals surface area contributed by atoms with Gasteiger partial charge in [0, 0.05) is 18.4 Å². The van der Waals surface area contributed by atoms with Crippen LogP contribution in [0, 0.1) is 11.3 Å². The number of halogens is 1. The van der Waals surface area contributed by atoms with Crippen LogP contribution >= 0.6 is 15.9 Å². The molecule has 0 aliphatic heterocycles. The molecule has 2 heteroatoms. The standard InChI is InChI=1S/C14H26BrN/c1-16(10-13-6-3-2-4-7-13)12-14(11-15)8-5-9-14/h13H,2-12H2,1H3. The summed E-state index contributed by atoms with van der Waals surface area (Å²) < 4.78 is 0. The van der Waals surface area contributed by atoms with Gasteiger partial charge in [-0.05, 0) is 44.1 Å². The van der Waals surface area contributed by atoms with Crippen LogP contribution in [-0.4, -0.2) is 30.4 Å². The number of alkyl halides is 1. The number of hydrogen-bond donors (Lipinski definition) is 0. The van der Waals surface area contributed by atoms with Crippen molar-refractivity contribution in [2.45, 2.75) is 51.4 Å². The highest BCUT2D eigenvalue weighted by Crippen LogP contribution is 2.43. The number of rotatable bonds is 5. The lowest BCUT2D eigenvalue weighted by atomic mass is 9.70. The van der Waals surface area contributed by atoms with Crippen molar-refractivity contribution in [1.29, 1.82) is 0 Å². The zero-order valence-electron chi connectivity index (χ0n) is 10.7. The summed E-state index contributed by atoms with van der Waals surface area (Å²) in [6, 6.07) is 0. The largest absolute Gasteiger partial charge is 0.306 e. The highest BCUT2D eigenvalue weighted by molar-refractivity contribution is 9.09. The molecular weight excluding hydrogens is 262 g/mol. The molecule has 2 fully saturated rings. The molecule has 0 spiro atoms. The normalized spacial score (nSPS) is 25.7. The smallest absolute Gasteiger partial charge is 0.0100 e. The third-order valence-corrected chi connectivity index (χ3v) is 5.79. The maximum Gasteiger partial charge on any atom is 0.0100 e.